The highest BCUT2D eigenvalue weighted by Crippen LogP contribution is 2.28. The molecule has 18 heavy (non-hydrogen) atoms. The zero-order valence-electron chi connectivity index (χ0n) is 9.85. The van der Waals surface area contributed by atoms with Crippen LogP contribution < -0.4 is 5.32 Å². The van der Waals surface area contributed by atoms with Crippen molar-refractivity contribution in [1.29, 1.82) is 0 Å². The van der Waals surface area contributed by atoms with Gasteiger partial charge in [0.25, 0.3) is 0 Å². The van der Waals surface area contributed by atoms with E-state index in [4.69, 9.17) is 14.3 Å². The van der Waals surface area contributed by atoms with Gasteiger partial charge in [-0.25, -0.2) is 4.79 Å². The number of nitrogens with one attached hydrogen (secondary N) is 1. The summed E-state index contributed by atoms with van der Waals surface area (Å²) in [5, 5.41) is 11.2. The fourth-order valence-corrected chi connectivity index (χ4v) is 1.43. The Hall–Kier alpha value is -1.82. The third-order valence-electron chi connectivity index (χ3n) is 2.62. The number of rotatable bonds is 7. The van der Waals surface area contributed by atoms with Crippen LogP contribution in [-0.2, 0) is 16.1 Å². The van der Waals surface area contributed by atoms with Gasteiger partial charge in [0.1, 0.15) is 12.4 Å². The fraction of sp³-hybridized carbons (Fsp3) is 0.500. The molecule has 0 aliphatic heterocycles. The van der Waals surface area contributed by atoms with Crippen molar-refractivity contribution in [2.24, 2.45) is 5.92 Å². The molecule has 0 atom stereocenters. The summed E-state index contributed by atoms with van der Waals surface area (Å²) in [4.78, 5) is 21.9. The largest absolute Gasteiger partial charge is 0.475 e. The molecule has 1 fully saturated rings. The van der Waals surface area contributed by atoms with Crippen molar-refractivity contribution in [3.63, 3.8) is 0 Å². The van der Waals surface area contributed by atoms with E-state index in [1.165, 1.54) is 25.0 Å². The number of ether oxygens (including phenoxy) is 1. The molecule has 0 aromatic carbocycles. The number of furan rings is 1. The van der Waals surface area contributed by atoms with E-state index in [0.717, 1.165) is 0 Å². The highest BCUT2D eigenvalue weighted by atomic mass is 16.5. The van der Waals surface area contributed by atoms with Crippen LogP contribution in [-0.4, -0.2) is 30.2 Å². The van der Waals surface area contributed by atoms with Gasteiger partial charge in [0.15, 0.2) is 0 Å². The molecular weight excluding hydrogens is 238 g/mol. The van der Waals surface area contributed by atoms with Gasteiger partial charge >= 0.3 is 5.97 Å². The van der Waals surface area contributed by atoms with Crippen LogP contribution >= 0.6 is 0 Å². The molecule has 0 spiro atoms. The minimum absolute atomic E-state index is 0.0308. The maximum absolute atomic E-state index is 11.4. The lowest BCUT2D eigenvalue weighted by molar-refractivity contribution is -0.126. The smallest absolute Gasteiger partial charge is 0.371 e. The van der Waals surface area contributed by atoms with E-state index in [0.29, 0.717) is 18.3 Å². The standard InChI is InChI=1S/C12H15NO5/c14-11(7-17-6-8-1-2-8)13-5-9-3-4-10(18-9)12(15)16/h3-4,8H,1-2,5-7H2,(H,13,14)(H,15,16). The first-order chi connectivity index (χ1) is 8.65. The van der Waals surface area contributed by atoms with Crippen molar-refractivity contribution in [1.82, 2.24) is 5.32 Å². The molecule has 1 aliphatic rings. The molecule has 1 aliphatic carbocycles. The number of hydrogen-bond acceptors (Lipinski definition) is 4. The van der Waals surface area contributed by atoms with E-state index in [-0.39, 0.29) is 24.8 Å². The number of hydrogen-bond donors (Lipinski definition) is 2. The zero-order chi connectivity index (χ0) is 13.0. The second kappa shape index (κ2) is 5.68. The van der Waals surface area contributed by atoms with Crippen LogP contribution in [0.1, 0.15) is 29.2 Å². The Bertz CT molecular complexity index is 435. The quantitative estimate of drug-likeness (QED) is 0.757. The van der Waals surface area contributed by atoms with Crippen LogP contribution in [0.3, 0.4) is 0 Å². The zero-order valence-corrected chi connectivity index (χ0v) is 9.85. The molecule has 1 heterocycles. The van der Waals surface area contributed by atoms with Gasteiger partial charge in [0, 0.05) is 0 Å². The summed E-state index contributed by atoms with van der Waals surface area (Å²) < 4.78 is 10.2. The number of amides is 1. The van der Waals surface area contributed by atoms with Gasteiger partial charge in [-0.05, 0) is 30.9 Å². The summed E-state index contributed by atoms with van der Waals surface area (Å²) >= 11 is 0. The van der Waals surface area contributed by atoms with E-state index in [2.05, 4.69) is 5.32 Å². The van der Waals surface area contributed by atoms with Crippen LogP contribution in [0.4, 0.5) is 0 Å². The maximum atomic E-state index is 11.4. The van der Waals surface area contributed by atoms with Crippen molar-refractivity contribution in [3.8, 4) is 0 Å². The number of carboxylic acids is 1. The minimum atomic E-state index is -1.12. The number of carbonyl (C=O) groups is 2. The molecule has 1 aromatic rings. The molecule has 0 bridgehead atoms. The third kappa shape index (κ3) is 3.89. The first-order valence-corrected chi connectivity index (χ1v) is 5.81. The second-order valence-electron chi connectivity index (χ2n) is 4.31. The Labute approximate surface area is 104 Å². The van der Waals surface area contributed by atoms with Crippen LogP contribution in [0.15, 0.2) is 16.5 Å². The average Bonchev–Trinajstić information content (AvgIpc) is 3.02. The first kappa shape index (κ1) is 12.6. The van der Waals surface area contributed by atoms with Gasteiger partial charge in [-0.1, -0.05) is 0 Å². The van der Waals surface area contributed by atoms with Crippen LogP contribution in [0.2, 0.25) is 0 Å². The monoisotopic (exact) mass is 253 g/mol. The fourth-order valence-electron chi connectivity index (χ4n) is 1.43. The molecule has 0 radical (unpaired) electrons. The van der Waals surface area contributed by atoms with E-state index in [9.17, 15) is 9.59 Å². The van der Waals surface area contributed by atoms with Crippen LogP contribution in [0.25, 0.3) is 0 Å². The van der Waals surface area contributed by atoms with E-state index >= 15 is 0 Å². The Balaban J connectivity index is 1.65. The number of carboxylic acid groups (broad SMARTS) is 1. The normalized spacial score (nSPS) is 14.4. The Morgan fingerprint density at radius 3 is 2.83 bits per heavy atom. The Kier molecular flexibility index (Phi) is 3.99. The van der Waals surface area contributed by atoms with E-state index < -0.39 is 5.97 Å². The van der Waals surface area contributed by atoms with Crippen molar-refractivity contribution >= 4 is 11.9 Å². The second-order valence-corrected chi connectivity index (χ2v) is 4.31. The van der Waals surface area contributed by atoms with Crippen LogP contribution in [0, 0.1) is 5.92 Å². The highest BCUT2D eigenvalue weighted by molar-refractivity contribution is 5.84. The summed E-state index contributed by atoms with van der Waals surface area (Å²) in [7, 11) is 0. The first-order valence-electron chi connectivity index (χ1n) is 5.81. The molecule has 6 heteroatoms. The molecule has 1 aromatic heterocycles. The molecule has 1 saturated carbocycles. The summed E-state index contributed by atoms with van der Waals surface area (Å²) in [6, 6.07) is 2.88. The maximum Gasteiger partial charge on any atom is 0.371 e. The summed E-state index contributed by atoms with van der Waals surface area (Å²) in [6.45, 7) is 0.833. The molecule has 2 rings (SSSR count). The number of aromatic carboxylic acids is 1. The molecule has 0 saturated heterocycles. The Morgan fingerprint density at radius 2 is 2.22 bits per heavy atom. The highest BCUT2D eigenvalue weighted by Gasteiger charge is 2.21. The van der Waals surface area contributed by atoms with Crippen LogP contribution in [0.5, 0.6) is 0 Å². The Morgan fingerprint density at radius 1 is 1.44 bits per heavy atom. The molecule has 98 valence electrons. The lowest BCUT2D eigenvalue weighted by atomic mass is 10.4. The van der Waals surface area contributed by atoms with Crippen molar-refractivity contribution in [2.45, 2.75) is 19.4 Å². The van der Waals surface area contributed by atoms with Crippen molar-refractivity contribution in [2.75, 3.05) is 13.2 Å². The predicted octanol–water partition coefficient (Wildman–Crippen LogP) is 1.02. The molecule has 0 unspecified atom stereocenters. The van der Waals surface area contributed by atoms with Gasteiger partial charge in [-0.2, -0.15) is 0 Å². The van der Waals surface area contributed by atoms with Crippen molar-refractivity contribution in [3.05, 3.63) is 23.7 Å². The average molecular weight is 253 g/mol. The third-order valence-corrected chi connectivity index (χ3v) is 2.62. The SMILES string of the molecule is O=C(COCC1CC1)NCc1ccc(C(=O)O)o1. The minimum Gasteiger partial charge on any atom is -0.475 e. The molecule has 1 amide bonds. The predicted molar refractivity (Wildman–Crippen MR) is 61.1 cm³/mol. The van der Waals surface area contributed by atoms with Gasteiger partial charge in [-0.15, -0.1) is 0 Å². The molecule has 2 N–H and O–H groups in total. The number of carbonyl (C=O) groups excluding carboxylic acids is 1. The molecular formula is C12H15NO5. The summed E-state index contributed by atoms with van der Waals surface area (Å²) in [5.41, 5.74) is 0. The summed E-state index contributed by atoms with van der Waals surface area (Å²) in [5.74, 6) is -0.461. The van der Waals surface area contributed by atoms with Gasteiger partial charge in [0.05, 0.1) is 13.2 Å². The molecule has 6 nitrogen and oxygen atoms in total. The topological polar surface area (TPSA) is 88.8 Å². The van der Waals surface area contributed by atoms with Gasteiger partial charge in [0.2, 0.25) is 11.7 Å². The van der Waals surface area contributed by atoms with Gasteiger partial charge in [-0.3, -0.25) is 4.79 Å². The van der Waals surface area contributed by atoms with Crippen molar-refractivity contribution < 1.29 is 23.8 Å². The summed E-state index contributed by atoms with van der Waals surface area (Å²) in [6.07, 6.45) is 2.37. The lowest BCUT2D eigenvalue weighted by Gasteiger charge is -2.04. The van der Waals surface area contributed by atoms with E-state index in [1.807, 2.05) is 0 Å². The lowest BCUT2D eigenvalue weighted by Crippen LogP contribution is -2.27. The van der Waals surface area contributed by atoms with Gasteiger partial charge < -0.3 is 19.6 Å². The van der Waals surface area contributed by atoms with E-state index in [1.54, 1.807) is 0 Å².